The predicted molar refractivity (Wildman–Crippen MR) is 61.6 cm³/mol. The van der Waals surface area contributed by atoms with Gasteiger partial charge in [-0.15, -0.1) is 0 Å². The van der Waals surface area contributed by atoms with Crippen molar-refractivity contribution in [2.24, 2.45) is 0 Å². The Hall–Kier alpha value is -1.84. The second kappa shape index (κ2) is 4.37. The number of hydrogen-bond acceptors (Lipinski definition) is 7. The van der Waals surface area contributed by atoms with Gasteiger partial charge in [-0.2, -0.15) is 0 Å². The van der Waals surface area contributed by atoms with E-state index in [1.807, 2.05) is 0 Å². The van der Waals surface area contributed by atoms with Crippen molar-refractivity contribution in [2.75, 3.05) is 12.4 Å². The summed E-state index contributed by atoms with van der Waals surface area (Å²) in [6.45, 7) is -0.890. The van der Waals surface area contributed by atoms with Crippen molar-refractivity contribution >= 4 is 17.0 Å². The fourth-order valence-electron chi connectivity index (χ4n) is 2.14. The van der Waals surface area contributed by atoms with Crippen molar-refractivity contribution in [1.29, 1.82) is 0 Å². The van der Waals surface area contributed by atoms with Gasteiger partial charge in [-0.05, 0) is 0 Å². The van der Waals surface area contributed by atoms with Crippen LogP contribution >= 0.6 is 0 Å². The first kappa shape index (κ1) is 12.2. The highest BCUT2D eigenvalue weighted by molar-refractivity contribution is 5.81. The van der Waals surface area contributed by atoms with Crippen LogP contribution in [0.1, 0.15) is 6.23 Å². The number of ether oxygens (including phenoxy) is 1. The number of anilines is 1. The Morgan fingerprint density at radius 2 is 2.11 bits per heavy atom. The van der Waals surface area contributed by atoms with Crippen LogP contribution in [0.4, 0.5) is 10.2 Å². The van der Waals surface area contributed by atoms with Gasteiger partial charge in [-0.25, -0.2) is 19.3 Å². The molecule has 0 aromatic carbocycles. The molecule has 3 rings (SSSR count). The third kappa shape index (κ3) is 1.74. The predicted octanol–water partition coefficient (Wildman–Crippen LogP) is -1.00. The maximum absolute atomic E-state index is 12.6. The van der Waals surface area contributed by atoms with E-state index in [1.165, 1.54) is 17.2 Å². The number of nitrogens with two attached hydrogens (primary N) is 1. The van der Waals surface area contributed by atoms with E-state index in [0.717, 1.165) is 0 Å². The number of imidazole rings is 1. The van der Waals surface area contributed by atoms with Gasteiger partial charge in [-0.3, -0.25) is 4.57 Å². The highest BCUT2D eigenvalue weighted by atomic mass is 19.1. The van der Waals surface area contributed by atoms with Crippen molar-refractivity contribution in [2.45, 2.75) is 24.5 Å². The lowest BCUT2D eigenvalue weighted by Crippen LogP contribution is -2.32. The van der Waals surface area contributed by atoms with E-state index in [0.29, 0.717) is 11.2 Å². The fraction of sp³-hybridized carbons (Fsp3) is 0.500. The molecule has 8 nitrogen and oxygen atoms in total. The summed E-state index contributed by atoms with van der Waals surface area (Å²) in [7, 11) is 0. The maximum atomic E-state index is 12.6. The van der Waals surface area contributed by atoms with Crippen LogP contribution in [-0.4, -0.2) is 54.7 Å². The van der Waals surface area contributed by atoms with Crippen molar-refractivity contribution in [1.82, 2.24) is 19.5 Å². The van der Waals surface area contributed by atoms with Crippen LogP contribution in [0.5, 0.6) is 0 Å². The van der Waals surface area contributed by atoms with Crippen LogP contribution in [0.25, 0.3) is 11.2 Å². The number of alkyl halides is 1. The van der Waals surface area contributed by atoms with E-state index in [2.05, 4.69) is 15.0 Å². The molecule has 19 heavy (non-hydrogen) atoms. The summed E-state index contributed by atoms with van der Waals surface area (Å²) >= 11 is 0. The molecule has 0 aliphatic carbocycles. The number of fused-ring (bicyclic) bond motifs is 1. The quantitative estimate of drug-likeness (QED) is 0.639. The van der Waals surface area contributed by atoms with Crippen LogP contribution in [0.15, 0.2) is 12.7 Å². The molecule has 102 valence electrons. The summed E-state index contributed by atoms with van der Waals surface area (Å²) in [6, 6.07) is 0. The summed E-state index contributed by atoms with van der Waals surface area (Å²) in [5, 5.41) is 19.5. The SMILES string of the molecule is Nc1ncnc2c1ncn2C1OC(CF)C(O)C1O. The summed E-state index contributed by atoms with van der Waals surface area (Å²) in [4.78, 5) is 11.8. The molecule has 1 aliphatic heterocycles. The Bertz CT molecular complexity index is 606. The molecule has 0 spiro atoms. The number of nitrogens with zero attached hydrogens (tertiary/aromatic N) is 4. The van der Waals surface area contributed by atoms with Gasteiger partial charge in [0.25, 0.3) is 0 Å². The summed E-state index contributed by atoms with van der Waals surface area (Å²) in [5.41, 5.74) is 6.35. The molecule has 9 heteroatoms. The van der Waals surface area contributed by atoms with Gasteiger partial charge in [0.05, 0.1) is 6.33 Å². The number of rotatable bonds is 2. The molecular weight excluding hydrogens is 257 g/mol. The zero-order chi connectivity index (χ0) is 13.6. The monoisotopic (exact) mass is 269 g/mol. The Labute approximate surface area is 106 Å². The second-order valence-electron chi connectivity index (χ2n) is 4.28. The third-order valence-corrected chi connectivity index (χ3v) is 3.15. The summed E-state index contributed by atoms with van der Waals surface area (Å²) in [5.74, 6) is 0.193. The molecule has 4 unspecified atom stereocenters. The molecule has 0 amide bonds. The van der Waals surface area contributed by atoms with Crippen LogP contribution < -0.4 is 5.73 Å². The van der Waals surface area contributed by atoms with Gasteiger partial charge < -0.3 is 20.7 Å². The van der Waals surface area contributed by atoms with Crippen molar-refractivity contribution < 1.29 is 19.3 Å². The summed E-state index contributed by atoms with van der Waals surface area (Å²) < 4.78 is 19.3. The minimum absolute atomic E-state index is 0.193. The molecule has 1 saturated heterocycles. The largest absolute Gasteiger partial charge is 0.387 e. The zero-order valence-electron chi connectivity index (χ0n) is 9.72. The summed E-state index contributed by atoms with van der Waals surface area (Å²) in [6.07, 6.45) is -2.00. The minimum atomic E-state index is -1.30. The Morgan fingerprint density at radius 1 is 1.32 bits per heavy atom. The molecule has 0 bridgehead atoms. The smallest absolute Gasteiger partial charge is 0.167 e. The lowest BCUT2D eigenvalue weighted by molar-refractivity contribution is -0.0409. The minimum Gasteiger partial charge on any atom is -0.387 e. The normalized spacial score (nSPS) is 31.1. The van der Waals surface area contributed by atoms with Gasteiger partial charge in [0.15, 0.2) is 17.7 Å². The highest BCUT2D eigenvalue weighted by Gasteiger charge is 2.44. The highest BCUT2D eigenvalue weighted by Crippen LogP contribution is 2.31. The van der Waals surface area contributed by atoms with E-state index in [1.54, 1.807) is 0 Å². The third-order valence-electron chi connectivity index (χ3n) is 3.15. The van der Waals surface area contributed by atoms with Gasteiger partial charge in [0.1, 0.15) is 36.8 Å². The number of nitrogen functional groups attached to an aromatic ring is 1. The van der Waals surface area contributed by atoms with E-state index in [9.17, 15) is 14.6 Å². The fourth-order valence-corrected chi connectivity index (χ4v) is 2.14. The average molecular weight is 269 g/mol. The van der Waals surface area contributed by atoms with Gasteiger partial charge >= 0.3 is 0 Å². The molecule has 2 aromatic heterocycles. The molecular formula is C10H12FN5O3. The first-order valence-corrected chi connectivity index (χ1v) is 5.64. The molecule has 3 heterocycles. The van der Waals surface area contributed by atoms with Crippen LogP contribution in [0, 0.1) is 0 Å². The zero-order valence-corrected chi connectivity index (χ0v) is 9.72. The van der Waals surface area contributed by atoms with E-state index in [4.69, 9.17) is 10.5 Å². The molecule has 1 fully saturated rings. The first-order chi connectivity index (χ1) is 9.13. The maximum Gasteiger partial charge on any atom is 0.167 e. The molecule has 4 atom stereocenters. The molecule has 0 radical (unpaired) electrons. The van der Waals surface area contributed by atoms with Crippen LogP contribution in [0.3, 0.4) is 0 Å². The standard InChI is InChI=1S/C10H12FN5O3/c11-1-4-6(17)7(18)10(19-4)16-3-15-5-8(12)13-2-14-9(5)16/h2-4,6-7,10,17-18H,1H2,(H2,12,13,14). The van der Waals surface area contributed by atoms with Crippen LogP contribution in [-0.2, 0) is 4.74 Å². The van der Waals surface area contributed by atoms with Crippen molar-refractivity contribution in [3.63, 3.8) is 0 Å². The second-order valence-corrected chi connectivity index (χ2v) is 4.28. The van der Waals surface area contributed by atoms with Gasteiger partial charge in [0.2, 0.25) is 0 Å². The Morgan fingerprint density at radius 3 is 2.79 bits per heavy atom. The molecule has 2 aromatic rings. The number of aliphatic hydroxyl groups is 2. The number of hydrogen-bond donors (Lipinski definition) is 3. The van der Waals surface area contributed by atoms with Gasteiger partial charge in [-0.1, -0.05) is 0 Å². The first-order valence-electron chi connectivity index (χ1n) is 5.64. The number of aromatic nitrogens is 4. The average Bonchev–Trinajstić information content (AvgIpc) is 2.94. The number of halogens is 1. The van der Waals surface area contributed by atoms with Crippen molar-refractivity contribution in [3.05, 3.63) is 12.7 Å². The molecule has 0 saturated carbocycles. The Kier molecular flexibility index (Phi) is 2.81. The van der Waals surface area contributed by atoms with Gasteiger partial charge in [0, 0.05) is 0 Å². The van der Waals surface area contributed by atoms with E-state index in [-0.39, 0.29) is 5.82 Å². The van der Waals surface area contributed by atoms with E-state index >= 15 is 0 Å². The Balaban J connectivity index is 2.04. The lowest BCUT2D eigenvalue weighted by atomic mass is 10.1. The van der Waals surface area contributed by atoms with Crippen LogP contribution in [0.2, 0.25) is 0 Å². The van der Waals surface area contributed by atoms with Crippen molar-refractivity contribution in [3.8, 4) is 0 Å². The molecule has 4 N–H and O–H groups in total. The number of aliphatic hydroxyl groups excluding tert-OH is 2. The topological polar surface area (TPSA) is 119 Å². The lowest BCUT2D eigenvalue weighted by Gasteiger charge is -2.16. The molecule has 1 aliphatic rings. The van der Waals surface area contributed by atoms with E-state index < -0.39 is 31.2 Å².